The van der Waals surface area contributed by atoms with Crippen LogP contribution in [0.15, 0.2) is 24.3 Å². The summed E-state index contributed by atoms with van der Waals surface area (Å²) < 4.78 is 0. The van der Waals surface area contributed by atoms with Crippen LogP contribution in [0.4, 0.5) is 5.69 Å². The van der Waals surface area contributed by atoms with Gasteiger partial charge in [0.1, 0.15) is 0 Å². The molecule has 1 aromatic carbocycles. The van der Waals surface area contributed by atoms with E-state index in [2.05, 4.69) is 0 Å². The van der Waals surface area contributed by atoms with Gasteiger partial charge in [-0.2, -0.15) is 0 Å². The maximum absolute atomic E-state index is 10.7. The molecule has 86 valence electrons. The molecule has 16 heavy (non-hydrogen) atoms. The van der Waals surface area contributed by atoms with Crippen LogP contribution in [0.1, 0.15) is 12.5 Å². The van der Waals surface area contributed by atoms with Crippen molar-refractivity contribution in [3.8, 4) is 0 Å². The summed E-state index contributed by atoms with van der Waals surface area (Å²) in [4.78, 5) is 20.8. The minimum atomic E-state index is -0.913. The van der Waals surface area contributed by atoms with Crippen molar-refractivity contribution < 1.29 is 14.8 Å². The third-order valence-electron chi connectivity index (χ3n) is 2.02. The largest absolute Gasteiger partial charge is 0.480 e. The summed E-state index contributed by atoms with van der Waals surface area (Å²) in [5, 5.41) is 18.8. The first kappa shape index (κ1) is 12.5. The fourth-order valence-corrected chi connectivity index (χ4v) is 1.91. The van der Waals surface area contributed by atoms with E-state index in [0.29, 0.717) is 11.3 Å². The molecule has 0 radical (unpaired) electrons. The van der Waals surface area contributed by atoms with Crippen molar-refractivity contribution >= 4 is 23.4 Å². The van der Waals surface area contributed by atoms with Gasteiger partial charge in [-0.3, -0.25) is 14.9 Å². The summed E-state index contributed by atoms with van der Waals surface area (Å²) >= 11 is 1.17. The first-order valence-corrected chi connectivity index (χ1v) is 5.64. The summed E-state index contributed by atoms with van der Waals surface area (Å²) in [6.45, 7) is 1.56. The SMILES string of the molecule is CC(SCc1ccccc1[N+](=O)[O-])C(=O)O. The summed E-state index contributed by atoms with van der Waals surface area (Å²) in [5.74, 6) is -0.589. The van der Waals surface area contributed by atoms with Crippen LogP contribution in [0.3, 0.4) is 0 Å². The molecule has 0 aliphatic heterocycles. The van der Waals surface area contributed by atoms with Gasteiger partial charge in [0.25, 0.3) is 5.69 Å². The van der Waals surface area contributed by atoms with Gasteiger partial charge in [-0.25, -0.2) is 0 Å². The van der Waals surface area contributed by atoms with Crippen molar-refractivity contribution in [3.05, 3.63) is 39.9 Å². The number of carbonyl (C=O) groups is 1. The van der Waals surface area contributed by atoms with E-state index in [1.165, 1.54) is 17.8 Å². The second-order valence-electron chi connectivity index (χ2n) is 3.18. The average molecular weight is 241 g/mol. The van der Waals surface area contributed by atoms with Crippen LogP contribution in [0.5, 0.6) is 0 Å². The molecule has 5 nitrogen and oxygen atoms in total. The van der Waals surface area contributed by atoms with Crippen LogP contribution in [0.25, 0.3) is 0 Å². The van der Waals surface area contributed by atoms with Crippen LogP contribution >= 0.6 is 11.8 Å². The number of benzene rings is 1. The smallest absolute Gasteiger partial charge is 0.316 e. The molecule has 0 bridgehead atoms. The molecule has 0 spiro atoms. The summed E-state index contributed by atoms with van der Waals surface area (Å²) in [7, 11) is 0. The van der Waals surface area contributed by atoms with E-state index in [4.69, 9.17) is 5.11 Å². The zero-order chi connectivity index (χ0) is 12.1. The highest BCUT2D eigenvalue weighted by atomic mass is 32.2. The Hall–Kier alpha value is -1.56. The lowest BCUT2D eigenvalue weighted by Gasteiger charge is -2.06. The first-order valence-electron chi connectivity index (χ1n) is 4.59. The zero-order valence-corrected chi connectivity index (χ0v) is 9.44. The fraction of sp³-hybridized carbons (Fsp3) is 0.300. The van der Waals surface area contributed by atoms with E-state index in [0.717, 1.165) is 0 Å². The Morgan fingerprint density at radius 1 is 1.56 bits per heavy atom. The van der Waals surface area contributed by atoms with E-state index in [1.807, 2.05) is 0 Å². The molecule has 6 heteroatoms. The van der Waals surface area contributed by atoms with Gasteiger partial charge in [0, 0.05) is 17.4 Å². The number of aliphatic carboxylic acids is 1. The number of carboxylic acid groups (broad SMARTS) is 1. The summed E-state index contributed by atoms with van der Waals surface area (Å²) in [6.07, 6.45) is 0. The van der Waals surface area contributed by atoms with Crippen LogP contribution in [0.2, 0.25) is 0 Å². The van der Waals surface area contributed by atoms with Gasteiger partial charge >= 0.3 is 5.97 Å². The van der Waals surface area contributed by atoms with E-state index in [1.54, 1.807) is 25.1 Å². The van der Waals surface area contributed by atoms with Crippen LogP contribution < -0.4 is 0 Å². The Morgan fingerprint density at radius 2 is 2.19 bits per heavy atom. The van der Waals surface area contributed by atoms with Crippen LogP contribution in [0, 0.1) is 10.1 Å². The highest BCUT2D eigenvalue weighted by molar-refractivity contribution is 7.99. The molecule has 1 atom stereocenters. The number of thioether (sulfide) groups is 1. The number of hydrogen-bond donors (Lipinski definition) is 1. The predicted octanol–water partition coefficient (Wildman–Crippen LogP) is 2.30. The zero-order valence-electron chi connectivity index (χ0n) is 8.62. The third kappa shape index (κ3) is 3.23. The molecule has 0 aliphatic rings. The quantitative estimate of drug-likeness (QED) is 0.632. The lowest BCUT2D eigenvalue weighted by atomic mass is 10.2. The number of nitrogens with zero attached hydrogens (tertiary/aromatic N) is 1. The van der Waals surface area contributed by atoms with Gasteiger partial charge in [-0.15, -0.1) is 11.8 Å². The van der Waals surface area contributed by atoms with Crippen LogP contribution in [-0.4, -0.2) is 21.2 Å². The lowest BCUT2D eigenvalue weighted by Crippen LogP contribution is -2.11. The van der Waals surface area contributed by atoms with Crippen molar-refractivity contribution in [1.29, 1.82) is 0 Å². The average Bonchev–Trinajstić information content (AvgIpc) is 2.25. The predicted molar refractivity (Wildman–Crippen MR) is 61.5 cm³/mol. The molecular weight excluding hydrogens is 230 g/mol. The third-order valence-corrected chi connectivity index (χ3v) is 3.20. The number of carboxylic acids is 1. The number of nitro benzene ring substituents is 1. The van der Waals surface area contributed by atoms with Crippen molar-refractivity contribution in [3.63, 3.8) is 0 Å². The normalized spacial score (nSPS) is 12.1. The van der Waals surface area contributed by atoms with Gasteiger partial charge in [-0.05, 0) is 6.92 Å². The summed E-state index contributed by atoms with van der Waals surface area (Å²) in [5.41, 5.74) is 0.582. The highest BCUT2D eigenvalue weighted by Gasteiger charge is 2.16. The number of hydrogen-bond acceptors (Lipinski definition) is 4. The molecule has 1 unspecified atom stereocenters. The standard InChI is InChI=1S/C10H11NO4S/c1-7(10(12)13)16-6-8-4-2-3-5-9(8)11(14)15/h2-5,7H,6H2,1H3,(H,12,13). The Bertz CT molecular complexity index is 408. The Labute approximate surface area is 96.6 Å². The monoisotopic (exact) mass is 241 g/mol. The molecular formula is C10H11NO4S. The van der Waals surface area contributed by atoms with Crippen molar-refractivity contribution in [2.75, 3.05) is 0 Å². The first-order chi connectivity index (χ1) is 7.52. The fourth-order valence-electron chi connectivity index (χ4n) is 1.10. The van der Waals surface area contributed by atoms with Gasteiger partial charge in [0.2, 0.25) is 0 Å². The maximum atomic E-state index is 10.7. The Kier molecular flexibility index (Phi) is 4.30. The van der Waals surface area contributed by atoms with E-state index >= 15 is 0 Å². The second-order valence-corrected chi connectivity index (χ2v) is 4.51. The maximum Gasteiger partial charge on any atom is 0.316 e. The molecule has 1 N–H and O–H groups in total. The minimum Gasteiger partial charge on any atom is -0.480 e. The van der Waals surface area contributed by atoms with E-state index < -0.39 is 16.1 Å². The van der Waals surface area contributed by atoms with Crippen molar-refractivity contribution in [2.45, 2.75) is 17.9 Å². The van der Waals surface area contributed by atoms with E-state index in [9.17, 15) is 14.9 Å². The molecule has 1 aromatic rings. The van der Waals surface area contributed by atoms with Gasteiger partial charge in [0.05, 0.1) is 10.2 Å². The molecule has 0 fully saturated rings. The van der Waals surface area contributed by atoms with E-state index in [-0.39, 0.29) is 5.69 Å². The van der Waals surface area contributed by atoms with Crippen LogP contribution in [-0.2, 0) is 10.5 Å². The molecule has 0 aromatic heterocycles. The Balaban J connectivity index is 2.74. The minimum absolute atomic E-state index is 0.0348. The molecule has 0 amide bonds. The molecule has 0 saturated carbocycles. The molecule has 0 aliphatic carbocycles. The van der Waals surface area contributed by atoms with Crippen molar-refractivity contribution in [2.24, 2.45) is 0 Å². The molecule has 0 saturated heterocycles. The highest BCUT2D eigenvalue weighted by Crippen LogP contribution is 2.25. The Morgan fingerprint density at radius 3 is 2.75 bits per heavy atom. The van der Waals surface area contributed by atoms with Gasteiger partial charge in [0.15, 0.2) is 0 Å². The van der Waals surface area contributed by atoms with Gasteiger partial charge in [-0.1, -0.05) is 18.2 Å². The topological polar surface area (TPSA) is 80.4 Å². The molecule has 1 rings (SSSR count). The molecule has 0 heterocycles. The number of para-hydroxylation sites is 1. The lowest BCUT2D eigenvalue weighted by molar-refractivity contribution is -0.385. The summed E-state index contributed by atoms with van der Waals surface area (Å²) in [6, 6.07) is 6.35. The van der Waals surface area contributed by atoms with Crippen molar-refractivity contribution in [1.82, 2.24) is 0 Å². The second kappa shape index (κ2) is 5.50. The number of rotatable bonds is 5. The number of nitro groups is 1. The van der Waals surface area contributed by atoms with Gasteiger partial charge < -0.3 is 5.11 Å².